The Morgan fingerprint density at radius 2 is 2.14 bits per heavy atom. The first-order chi connectivity index (χ1) is 10.2. The van der Waals surface area contributed by atoms with Crippen LogP contribution < -0.4 is 10.1 Å². The minimum absolute atomic E-state index is 0.0259. The molecule has 0 aliphatic rings. The Morgan fingerprint density at radius 3 is 2.81 bits per heavy atom. The maximum absolute atomic E-state index is 5.47. The van der Waals surface area contributed by atoms with Crippen LogP contribution in [-0.4, -0.2) is 18.6 Å². The Bertz CT molecular complexity index is 601. The van der Waals surface area contributed by atoms with Crippen LogP contribution in [0, 0.1) is 6.92 Å². The molecule has 0 spiro atoms. The lowest BCUT2D eigenvalue weighted by molar-refractivity contribution is 0.399. The normalized spacial score (nSPS) is 12.2. The molecule has 1 atom stereocenters. The van der Waals surface area contributed by atoms with Crippen molar-refractivity contribution >= 4 is 15.9 Å². The number of halogens is 1. The van der Waals surface area contributed by atoms with Crippen molar-refractivity contribution in [2.45, 2.75) is 26.3 Å². The fourth-order valence-electron chi connectivity index (χ4n) is 2.24. The zero-order valence-electron chi connectivity index (χ0n) is 12.7. The number of methoxy groups -OCH3 is 1. The first-order valence-corrected chi connectivity index (χ1v) is 7.95. The molecule has 2 aromatic rings. The van der Waals surface area contributed by atoms with Gasteiger partial charge in [0.2, 0.25) is 0 Å². The number of ether oxygens (including phenoxy) is 1. The van der Waals surface area contributed by atoms with Crippen molar-refractivity contribution in [3.05, 3.63) is 57.8 Å². The summed E-state index contributed by atoms with van der Waals surface area (Å²) >= 11 is 3.61. The summed E-state index contributed by atoms with van der Waals surface area (Å²) in [6, 6.07) is 10.3. The van der Waals surface area contributed by atoms with Crippen LogP contribution in [0.4, 0.5) is 0 Å². The van der Waals surface area contributed by atoms with Gasteiger partial charge in [0.15, 0.2) is 0 Å². The van der Waals surface area contributed by atoms with E-state index in [4.69, 9.17) is 4.74 Å². The highest BCUT2D eigenvalue weighted by atomic mass is 79.9. The van der Waals surface area contributed by atoms with Crippen molar-refractivity contribution in [3.63, 3.8) is 0 Å². The zero-order valence-corrected chi connectivity index (χ0v) is 14.3. The number of aryl methyl sites for hydroxylation is 1. The van der Waals surface area contributed by atoms with E-state index < -0.39 is 0 Å². The van der Waals surface area contributed by atoms with Gasteiger partial charge in [0.05, 0.1) is 13.2 Å². The Balaban J connectivity index is 2.44. The van der Waals surface area contributed by atoms with Crippen LogP contribution in [0.2, 0.25) is 0 Å². The van der Waals surface area contributed by atoms with Gasteiger partial charge in [0.1, 0.15) is 11.4 Å². The van der Waals surface area contributed by atoms with Gasteiger partial charge in [-0.25, -0.2) is 0 Å². The first kappa shape index (κ1) is 16.0. The molecule has 1 heterocycles. The molecule has 0 amide bonds. The lowest BCUT2D eigenvalue weighted by Crippen LogP contribution is -2.24. The topological polar surface area (TPSA) is 34.2 Å². The number of rotatable bonds is 6. The van der Waals surface area contributed by atoms with Crippen molar-refractivity contribution in [2.24, 2.45) is 0 Å². The van der Waals surface area contributed by atoms with Crippen molar-refractivity contribution in [1.82, 2.24) is 10.3 Å². The molecule has 4 heteroatoms. The number of pyridine rings is 1. The van der Waals surface area contributed by atoms with Crippen LogP contribution in [0.1, 0.15) is 36.2 Å². The molecular formula is C17H21BrN2O. The van der Waals surface area contributed by atoms with E-state index in [0.717, 1.165) is 28.9 Å². The SMILES string of the molecule is CCCNC(c1ccc(C)c(Br)c1)c1ncccc1OC. The monoisotopic (exact) mass is 348 g/mol. The molecule has 0 bridgehead atoms. The van der Waals surface area contributed by atoms with E-state index in [1.807, 2.05) is 18.3 Å². The highest BCUT2D eigenvalue weighted by molar-refractivity contribution is 9.10. The number of nitrogens with one attached hydrogen (secondary N) is 1. The highest BCUT2D eigenvalue weighted by Crippen LogP contribution is 2.30. The van der Waals surface area contributed by atoms with Crippen LogP contribution in [0.15, 0.2) is 41.0 Å². The molecule has 1 unspecified atom stereocenters. The third-order valence-electron chi connectivity index (χ3n) is 3.42. The molecule has 1 aromatic carbocycles. The van der Waals surface area contributed by atoms with E-state index in [2.05, 4.69) is 58.3 Å². The average Bonchev–Trinajstić information content (AvgIpc) is 2.51. The molecule has 0 radical (unpaired) electrons. The lowest BCUT2D eigenvalue weighted by atomic mass is 10.0. The van der Waals surface area contributed by atoms with E-state index in [1.54, 1.807) is 7.11 Å². The summed E-state index contributed by atoms with van der Waals surface area (Å²) in [5.74, 6) is 0.808. The van der Waals surface area contributed by atoms with Gasteiger partial charge in [0.25, 0.3) is 0 Å². The van der Waals surface area contributed by atoms with E-state index in [9.17, 15) is 0 Å². The molecule has 0 aliphatic carbocycles. The predicted molar refractivity (Wildman–Crippen MR) is 89.8 cm³/mol. The van der Waals surface area contributed by atoms with Gasteiger partial charge in [-0.3, -0.25) is 4.98 Å². The second-order valence-corrected chi connectivity index (χ2v) is 5.84. The van der Waals surface area contributed by atoms with Crippen LogP contribution in [0.3, 0.4) is 0 Å². The van der Waals surface area contributed by atoms with Gasteiger partial charge in [-0.2, -0.15) is 0 Å². The summed E-state index contributed by atoms with van der Waals surface area (Å²) < 4.78 is 6.58. The van der Waals surface area contributed by atoms with E-state index >= 15 is 0 Å². The Morgan fingerprint density at radius 1 is 1.33 bits per heavy atom. The third-order valence-corrected chi connectivity index (χ3v) is 4.28. The number of hydrogen-bond acceptors (Lipinski definition) is 3. The van der Waals surface area contributed by atoms with Crippen LogP contribution >= 0.6 is 15.9 Å². The van der Waals surface area contributed by atoms with Gasteiger partial charge in [-0.1, -0.05) is 35.0 Å². The summed E-state index contributed by atoms with van der Waals surface area (Å²) in [6.45, 7) is 5.17. The van der Waals surface area contributed by atoms with Crippen molar-refractivity contribution in [1.29, 1.82) is 0 Å². The van der Waals surface area contributed by atoms with E-state index in [0.29, 0.717) is 0 Å². The number of aromatic nitrogens is 1. The van der Waals surface area contributed by atoms with Crippen LogP contribution in [-0.2, 0) is 0 Å². The van der Waals surface area contributed by atoms with Crippen molar-refractivity contribution in [3.8, 4) is 5.75 Å². The predicted octanol–water partition coefficient (Wildman–Crippen LogP) is 4.25. The van der Waals surface area contributed by atoms with Crippen molar-refractivity contribution in [2.75, 3.05) is 13.7 Å². The maximum atomic E-state index is 5.47. The molecule has 1 aromatic heterocycles. The molecule has 0 saturated carbocycles. The molecule has 1 N–H and O–H groups in total. The molecule has 3 nitrogen and oxygen atoms in total. The van der Waals surface area contributed by atoms with Crippen LogP contribution in [0.5, 0.6) is 5.75 Å². The molecule has 0 fully saturated rings. The average molecular weight is 349 g/mol. The van der Waals surface area contributed by atoms with Crippen molar-refractivity contribution < 1.29 is 4.74 Å². The number of hydrogen-bond donors (Lipinski definition) is 1. The zero-order chi connectivity index (χ0) is 15.2. The van der Waals surface area contributed by atoms with E-state index in [1.165, 1.54) is 11.1 Å². The van der Waals surface area contributed by atoms with Gasteiger partial charge < -0.3 is 10.1 Å². The summed E-state index contributed by atoms with van der Waals surface area (Å²) in [7, 11) is 1.68. The fourth-order valence-corrected chi connectivity index (χ4v) is 2.64. The highest BCUT2D eigenvalue weighted by Gasteiger charge is 2.19. The summed E-state index contributed by atoms with van der Waals surface area (Å²) in [5.41, 5.74) is 3.32. The van der Waals surface area contributed by atoms with Gasteiger partial charge in [-0.15, -0.1) is 0 Å². The molecule has 112 valence electrons. The summed E-state index contributed by atoms with van der Waals surface area (Å²) in [4.78, 5) is 4.53. The standard InChI is InChI=1S/C17H21BrN2O/c1-4-9-19-16(13-8-7-12(2)14(18)11-13)17-15(21-3)6-5-10-20-17/h5-8,10-11,16,19H,4,9H2,1-3H3. The molecule has 0 aliphatic heterocycles. The molecular weight excluding hydrogens is 328 g/mol. The number of benzene rings is 1. The third kappa shape index (κ3) is 3.83. The minimum Gasteiger partial charge on any atom is -0.495 e. The maximum Gasteiger partial charge on any atom is 0.142 e. The largest absolute Gasteiger partial charge is 0.495 e. The smallest absolute Gasteiger partial charge is 0.142 e. The molecule has 21 heavy (non-hydrogen) atoms. The minimum atomic E-state index is 0.0259. The lowest BCUT2D eigenvalue weighted by Gasteiger charge is -2.21. The Kier molecular flexibility index (Phi) is 5.76. The molecule has 0 saturated heterocycles. The second kappa shape index (κ2) is 7.57. The second-order valence-electron chi connectivity index (χ2n) is 4.99. The fraction of sp³-hybridized carbons (Fsp3) is 0.353. The van der Waals surface area contributed by atoms with Crippen LogP contribution in [0.25, 0.3) is 0 Å². The molecule has 2 rings (SSSR count). The van der Waals surface area contributed by atoms with Gasteiger partial charge in [0, 0.05) is 10.7 Å². The first-order valence-electron chi connectivity index (χ1n) is 7.15. The quantitative estimate of drug-likeness (QED) is 0.847. The van der Waals surface area contributed by atoms with E-state index in [-0.39, 0.29) is 6.04 Å². The van der Waals surface area contributed by atoms with Gasteiger partial charge in [-0.05, 0) is 49.2 Å². The number of nitrogens with zero attached hydrogens (tertiary/aromatic N) is 1. The van der Waals surface area contributed by atoms with Gasteiger partial charge >= 0.3 is 0 Å². The summed E-state index contributed by atoms with van der Waals surface area (Å²) in [5, 5.41) is 3.56. The summed E-state index contributed by atoms with van der Waals surface area (Å²) in [6.07, 6.45) is 2.88. The Hall–Kier alpha value is -1.39. The Labute approximate surface area is 134 Å².